The summed E-state index contributed by atoms with van der Waals surface area (Å²) in [5, 5.41) is 2.94. The summed E-state index contributed by atoms with van der Waals surface area (Å²) in [4.78, 5) is 3.94. The summed E-state index contributed by atoms with van der Waals surface area (Å²) < 4.78 is 38.3. The third-order valence-electron chi connectivity index (χ3n) is 2.44. The van der Waals surface area contributed by atoms with Gasteiger partial charge in [0.05, 0.1) is 5.56 Å². The van der Waals surface area contributed by atoms with E-state index in [-0.39, 0.29) is 0 Å². The molecular formula is C13H10BrF3N2. The molecule has 1 heterocycles. The lowest BCUT2D eigenvalue weighted by molar-refractivity contribution is -0.137. The number of rotatable bonds is 3. The number of hydrogen-bond donors (Lipinski definition) is 1. The van der Waals surface area contributed by atoms with Gasteiger partial charge in [0, 0.05) is 29.1 Å². The molecule has 2 aromatic rings. The van der Waals surface area contributed by atoms with Gasteiger partial charge in [0.1, 0.15) is 0 Å². The van der Waals surface area contributed by atoms with Gasteiger partial charge in [-0.05, 0) is 29.8 Å². The fraction of sp³-hybridized carbons (Fsp3) is 0.154. The number of nitrogens with zero attached hydrogens (tertiary/aromatic N) is 1. The molecule has 1 N–H and O–H groups in total. The van der Waals surface area contributed by atoms with Crippen molar-refractivity contribution < 1.29 is 13.2 Å². The summed E-state index contributed by atoms with van der Waals surface area (Å²) in [6.07, 6.45) is -1.05. The van der Waals surface area contributed by atoms with Gasteiger partial charge in [-0.3, -0.25) is 4.98 Å². The summed E-state index contributed by atoms with van der Waals surface area (Å²) >= 11 is 3.08. The first kappa shape index (κ1) is 13.9. The Balaban J connectivity index is 2.15. The number of pyridine rings is 1. The molecule has 2 rings (SSSR count). The van der Waals surface area contributed by atoms with Gasteiger partial charge in [-0.25, -0.2) is 0 Å². The molecule has 0 aliphatic heterocycles. The van der Waals surface area contributed by atoms with Gasteiger partial charge in [0.15, 0.2) is 0 Å². The molecule has 0 unspecified atom stereocenters. The minimum atomic E-state index is -4.35. The molecule has 0 saturated heterocycles. The molecule has 100 valence electrons. The number of nitrogens with one attached hydrogen (secondary N) is 1. The lowest BCUT2D eigenvalue weighted by atomic mass is 10.2. The quantitative estimate of drug-likeness (QED) is 0.897. The molecule has 0 aliphatic rings. The average Bonchev–Trinajstić information content (AvgIpc) is 2.36. The highest BCUT2D eigenvalue weighted by Gasteiger charge is 2.31. The third kappa shape index (κ3) is 3.96. The van der Waals surface area contributed by atoms with E-state index in [4.69, 9.17) is 0 Å². The Bertz CT molecular complexity index is 556. The topological polar surface area (TPSA) is 24.9 Å². The number of hydrogen-bond acceptors (Lipinski definition) is 2. The molecule has 1 aromatic carbocycles. The fourth-order valence-electron chi connectivity index (χ4n) is 1.56. The largest absolute Gasteiger partial charge is 0.416 e. The van der Waals surface area contributed by atoms with Crippen LogP contribution in [-0.2, 0) is 12.7 Å². The fourth-order valence-corrected chi connectivity index (χ4v) is 2.06. The highest BCUT2D eigenvalue weighted by atomic mass is 79.9. The molecule has 0 fully saturated rings. The Morgan fingerprint density at radius 3 is 2.63 bits per heavy atom. The van der Waals surface area contributed by atoms with Crippen molar-refractivity contribution in [1.29, 1.82) is 0 Å². The minimum Gasteiger partial charge on any atom is -0.381 e. The second-order valence-corrected chi connectivity index (χ2v) is 4.86. The molecule has 0 radical (unpaired) electrons. The van der Waals surface area contributed by atoms with Crippen LogP contribution in [0.15, 0.2) is 47.2 Å². The number of aromatic nitrogens is 1. The first-order valence-corrected chi connectivity index (χ1v) is 6.25. The van der Waals surface area contributed by atoms with Gasteiger partial charge in [0.25, 0.3) is 0 Å². The smallest absolute Gasteiger partial charge is 0.381 e. The molecular weight excluding hydrogens is 321 g/mol. The zero-order valence-electron chi connectivity index (χ0n) is 9.71. The molecule has 1 aromatic heterocycles. The third-order valence-corrected chi connectivity index (χ3v) is 2.90. The predicted molar refractivity (Wildman–Crippen MR) is 70.7 cm³/mol. The van der Waals surface area contributed by atoms with E-state index in [1.807, 2.05) is 6.07 Å². The summed E-state index contributed by atoms with van der Waals surface area (Å²) in [5.41, 5.74) is 0.622. The predicted octanol–water partition coefficient (Wildman–Crippen LogP) is 4.48. The van der Waals surface area contributed by atoms with Gasteiger partial charge in [-0.2, -0.15) is 13.2 Å². The van der Waals surface area contributed by atoms with Crippen LogP contribution in [-0.4, -0.2) is 4.98 Å². The average molecular weight is 331 g/mol. The van der Waals surface area contributed by atoms with Crippen LogP contribution in [0.5, 0.6) is 0 Å². The van der Waals surface area contributed by atoms with E-state index in [0.717, 1.165) is 17.7 Å². The Hall–Kier alpha value is -1.56. The Morgan fingerprint density at radius 2 is 2.00 bits per heavy atom. The molecule has 0 saturated carbocycles. The van der Waals surface area contributed by atoms with Crippen LogP contribution in [0.1, 0.15) is 11.1 Å². The van der Waals surface area contributed by atoms with Crippen LogP contribution in [0.2, 0.25) is 0 Å². The summed E-state index contributed by atoms with van der Waals surface area (Å²) in [5.74, 6) is 0. The van der Waals surface area contributed by atoms with Gasteiger partial charge in [-0.15, -0.1) is 0 Å². The highest BCUT2D eigenvalue weighted by Crippen LogP contribution is 2.33. The highest BCUT2D eigenvalue weighted by molar-refractivity contribution is 9.10. The molecule has 0 atom stereocenters. The maximum Gasteiger partial charge on any atom is 0.416 e. The standard InChI is InChI=1S/C13H10BrF3N2/c14-11-4-10(13(15,16)17)5-12(6-11)19-8-9-2-1-3-18-7-9/h1-7,19H,8H2. The SMILES string of the molecule is FC(F)(F)c1cc(Br)cc(NCc2cccnc2)c1. The zero-order valence-corrected chi connectivity index (χ0v) is 11.3. The second-order valence-electron chi connectivity index (χ2n) is 3.94. The molecule has 0 aliphatic carbocycles. The Morgan fingerprint density at radius 1 is 1.21 bits per heavy atom. The van der Waals surface area contributed by atoms with Crippen LogP contribution in [0, 0.1) is 0 Å². The molecule has 2 nitrogen and oxygen atoms in total. The van der Waals surface area contributed by atoms with Crippen molar-refractivity contribution in [2.24, 2.45) is 0 Å². The number of benzene rings is 1. The van der Waals surface area contributed by atoms with Crippen molar-refractivity contribution in [3.63, 3.8) is 0 Å². The maximum absolute atomic E-state index is 12.7. The normalized spacial score (nSPS) is 11.4. The monoisotopic (exact) mass is 330 g/mol. The second kappa shape index (κ2) is 5.61. The van der Waals surface area contributed by atoms with E-state index in [9.17, 15) is 13.2 Å². The van der Waals surface area contributed by atoms with Crippen molar-refractivity contribution in [3.05, 3.63) is 58.3 Å². The summed E-state index contributed by atoms with van der Waals surface area (Å²) in [7, 11) is 0. The van der Waals surface area contributed by atoms with Gasteiger partial charge in [-0.1, -0.05) is 22.0 Å². The van der Waals surface area contributed by atoms with Crippen molar-refractivity contribution >= 4 is 21.6 Å². The summed E-state index contributed by atoms with van der Waals surface area (Å²) in [6, 6.07) is 7.36. The number of alkyl halides is 3. The van der Waals surface area contributed by atoms with Crippen molar-refractivity contribution in [2.75, 3.05) is 5.32 Å². The van der Waals surface area contributed by atoms with E-state index >= 15 is 0 Å². The van der Waals surface area contributed by atoms with Gasteiger partial charge >= 0.3 is 6.18 Å². The van der Waals surface area contributed by atoms with Crippen LogP contribution < -0.4 is 5.32 Å². The van der Waals surface area contributed by atoms with E-state index in [2.05, 4.69) is 26.2 Å². The maximum atomic E-state index is 12.7. The molecule has 0 spiro atoms. The Labute approximate surface area is 116 Å². The van der Waals surface area contributed by atoms with Crippen LogP contribution in [0.3, 0.4) is 0 Å². The molecule has 6 heteroatoms. The first-order chi connectivity index (χ1) is 8.95. The molecule has 19 heavy (non-hydrogen) atoms. The van der Waals surface area contributed by atoms with Crippen LogP contribution in [0.25, 0.3) is 0 Å². The molecule has 0 bridgehead atoms. The van der Waals surface area contributed by atoms with Crippen molar-refractivity contribution in [1.82, 2.24) is 4.98 Å². The Kier molecular flexibility index (Phi) is 4.09. The van der Waals surface area contributed by atoms with Gasteiger partial charge in [0.2, 0.25) is 0 Å². The number of anilines is 1. The van der Waals surface area contributed by atoms with Crippen LogP contribution >= 0.6 is 15.9 Å². The van der Waals surface area contributed by atoms with E-state index < -0.39 is 11.7 Å². The minimum absolute atomic E-state index is 0.385. The van der Waals surface area contributed by atoms with Crippen LogP contribution in [0.4, 0.5) is 18.9 Å². The first-order valence-electron chi connectivity index (χ1n) is 5.46. The summed E-state index contributed by atoms with van der Waals surface area (Å²) in [6.45, 7) is 0.418. The van der Waals surface area contributed by atoms with Crippen molar-refractivity contribution in [2.45, 2.75) is 12.7 Å². The molecule has 0 amide bonds. The van der Waals surface area contributed by atoms with Crippen molar-refractivity contribution in [3.8, 4) is 0 Å². The lowest BCUT2D eigenvalue weighted by Crippen LogP contribution is -2.07. The number of halogens is 4. The van der Waals surface area contributed by atoms with E-state index in [1.165, 1.54) is 0 Å². The van der Waals surface area contributed by atoms with E-state index in [0.29, 0.717) is 16.7 Å². The van der Waals surface area contributed by atoms with E-state index in [1.54, 1.807) is 24.5 Å². The van der Waals surface area contributed by atoms with Gasteiger partial charge < -0.3 is 5.32 Å². The lowest BCUT2D eigenvalue weighted by Gasteiger charge is -2.11. The zero-order chi connectivity index (χ0) is 13.9.